The first-order chi connectivity index (χ1) is 10.4. The van der Waals surface area contributed by atoms with E-state index in [1.807, 2.05) is 45.1 Å². The van der Waals surface area contributed by atoms with Gasteiger partial charge in [-0.2, -0.15) is 0 Å². The van der Waals surface area contributed by atoms with E-state index in [4.69, 9.17) is 4.74 Å². The SMILES string of the molecule is CC(C)(C)OC(=O)C1(NCCC2CCCNC2)C=CC=CC1. The van der Waals surface area contributed by atoms with Crippen LogP contribution in [0.15, 0.2) is 24.3 Å². The van der Waals surface area contributed by atoms with Gasteiger partial charge in [-0.15, -0.1) is 0 Å². The molecule has 2 N–H and O–H groups in total. The first-order valence-electron chi connectivity index (χ1n) is 8.45. The fourth-order valence-electron chi connectivity index (χ4n) is 3.01. The van der Waals surface area contributed by atoms with Gasteiger partial charge in [-0.05, 0) is 72.0 Å². The predicted octanol–water partition coefficient (Wildman–Crippen LogP) is 2.56. The van der Waals surface area contributed by atoms with Gasteiger partial charge in [0.15, 0.2) is 0 Å². The van der Waals surface area contributed by atoms with E-state index >= 15 is 0 Å². The van der Waals surface area contributed by atoms with Crippen LogP contribution in [0.1, 0.15) is 46.5 Å². The summed E-state index contributed by atoms with van der Waals surface area (Å²) in [5.74, 6) is 0.530. The van der Waals surface area contributed by atoms with Crippen molar-refractivity contribution in [3.63, 3.8) is 0 Å². The minimum atomic E-state index is -0.704. The lowest BCUT2D eigenvalue weighted by Gasteiger charge is -2.34. The van der Waals surface area contributed by atoms with Crippen molar-refractivity contribution in [1.29, 1.82) is 0 Å². The number of carbonyl (C=O) groups excluding carboxylic acids is 1. The molecule has 2 rings (SSSR count). The molecular formula is C18H30N2O2. The third-order valence-electron chi connectivity index (χ3n) is 4.22. The topological polar surface area (TPSA) is 50.4 Å². The Kier molecular flexibility index (Phi) is 5.81. The first-order valence-corrected chi connectivity index (χ1v) is 8.45. The molecule has 0 amide bonds. The fraction of sp³-hybridized carbons (Fsp3) is 0.722. The zero-order valence-corrected chi connectivity index (χ0v) is 14.2. The second kappa shape index (κ2) is 7.42. The minimum Gasteiger partial charge on any atom is -0.458 e. The van der Waals surface area contributed by atoms with Crippen molar-refractivity contribution in [2.24, 2.45) is 5.92 Å². The van der Waals surface area contributed by atoms with Crippen LogP contribution in [0.2, 0.25) is 0 Å². The van der Waals surface area contributed by atoms with Crippen molar-refractivity contribution < 1.29 is 9.53 Å². The molecular weight excluding hydrogens is 276 g/mol. The monoisotopic (exact) mass is 306 g/mol. The van der Waals surface area contributed by atoms with Crippen molar-refractivity contribution in [1.82, 2.24) is 10.6 Å². The molecule has 1 aliphatic heterocycles. The van der Waals surface area contributed by atoms with Crippen LogP contribution < -0.4 is 10.6 Å². The van der Waals surface area contributed by atoms with E-state index in [-0.39, 0.29) is 5.97 Å². The number of carbonyl (C=O) groups is 1. The van der Waals surface area contributed by atoms with Gasteiger partial charge < -0.3 is 10.1 Å². The van der Waals surface area contributed by atoms with Gasteiger partial charge in [0.2, 0.25) is 0 Å². The Morgan fingerprint density at radius 2 is 2.23 bits per heavy atom. The Morgan fingerprint density at radius 1 is 1.41 bits per heavy atom. The zero-order valence-electron chi connectivity index (χ0n) is 14.2. The molecule has 0 spiro atoms. The third kappa shape index (κ3) is 4.96. The standard InChI is InChI=1S/C18H30N2O2/c1-17(2,3)22-16(21)18(10-5-4-6-11-18)20-13-9-15-8-7-12-19-14-15/h4-6,10,15,19-20H,7-9,11-14H2,1-3H3. The van der Waals surface area contributed by atoms with Crippen LogP contribution in [0.25, 0.3) is 0 Å². The van der Waals surface area contributed by atoms with Crippen LogP contribution in [-0.4, -0.2) is 36.7 Å². The molecule has 124 valence electrons. The van der Waals surface area contributed by atoms with Crippen molar-refractivity contribution in [2.75, 3.05) is 19.6 Å². The van der Waals surface area contributed by atoms with Crippen LogP contribution in [0.4, 0.5) is 0 Å². The Bertz CT molecular complexity index is 431. The average Bonchev–Trinajstić information content (AvgIpc) is 2.47. The van der Waals surface area contributed by atoms with Gasteiger partial charge in [0.1, 0.15) is 11.1 Å². The van der Waals surface area contributed by atoms with Gasteiger partial charge in [-0.25, -0.2) is 4.79 Å². The predicted molar refractivity (Wildman–Crippen MR) is 89.7 cm³/mol. The number of hydrogen-bond acceptors (Lipinski definition) is 4. The molecule has 4 nitrogen and oxygen atoms in total. The zero-order chi connectivity index (χ0) is 16.1. The first kappa shape index (κ1) is 17.2. The van der Waals surface area contributed by atoms with Crippen LogP contribution in [-0.2, 0) is 9.53 Å². The molecule has 2 aliphatic rings. The Balaban J connectivity index is 1.92. The van der Waals surface area contributed by atoms with E-state index in [1.165, 1.54) is 12.8 Å². The molecule has 0 aromatic rings. The number of ether oxygens (including phenoxy) is 1. The lowest BCUT2D eigenvalue weighted by molar-refractivity contribution is -0.161. The molecule has 0 radical (unpaired) electrons. The molecule has 1 heterocycles. The fourth-order valence-corrected chi connectivity index (χ4v) is 3.01. The van der Waals surface area contributed by atoms with Gasteiger partial charge in [0.05, 0.1) is 0 Å². The van der Waals surface area contributed by atoms with E-state index in [0.29, 0.717) is 12.3 Å². The molecule has 22 heavy (non-hydrogen) atoms. The number of rotatable bonds is 5. The van der Waals surface area contributed by atoms with Gasteiger partial charge in [-0.1, -0.05) is 24.3 Å². The van der Waals surface area contributed by atoms with Crippen molar-refractivity contribution in [3.05, 3.63) is 24.3 Å². The average molecular weight is 306 g/mol. The smallest absolute Gasteiger partial charge is 0.331 e. The quantitative estimate of drug-likeness (QED) is 0.767. The molecule has 0 saturated carbocycles. The summed E-state index contributed by atoms with van der Waals surface area (Å²) in [4.78, 5) is 12.6. The summed E-state index contributed by atoms with van der Waals surface area (Å²) in [5.41, 5.74) is -1.17. The maximum absolute atomic E-state index is 12.6. The maximum atomic E-state index is 12.6. The van der Waals surface area contributed by atoms with Crippen LogP contribution in [0.3, 0.4) is 0 Å². The summed E-state index contributed by atoms with van der Waals surface area (Å²) < 4.78 is 5.62. The highest BCUT2D eigenvalue weighted by atomic mass is 16.6. The van der Waals surface area contributed by atoms with E-state index < -0.39 is 11.1 Å². The minimum absolute atomic E-state index is 0.178. The van der Waals surface area contributed by atoms with Crippen LogP contribution >= 0.6 is 0 Å². The van der Waals surface area contributed by atoms with E-state index in [2.05, 4.69) is 10.6 Å². The van der Waals surface area contributed by atoms with Crippen molar-refractivity contribution in [3.8, 4) is 0 Å². The maximum Gasteiger partial charge on any atom is 0.331 e. The van der Waals surface area contributed by atoms with E-state index in [1.54, 1.807) is 0 Å². The highest BCUT2D eigenvalue weighted by Gasteiger charge is 2.38. The summed E-state index contributed by atoms with van der Waals surface area (Å²) in [6.07, 6.45) is 12.2. The second-order valence-electron chi connectivity index (χ2n) is 7.39. The van der Waals surface area contributed by atoms with Crippen LogP contribution in [0.5, 0.6) is 0 Å². The van der Waals surface area contributed by atoms with Gasteiger partial charge in [0.25, 0.3) is 0 Å². The van der Waals surface area contributed by atoms with E-state index in [9.17, 15) is 4.79 Å². The molecule has 2 atom stereocenters. The number of allylic oxidation sites excluding steroid dienone is 2. The molecule has 1 aliphatic carbocycles. The summed E-state index contributed by atoms with van der Waals surface area (Å²) in [5, 5.41) is 6.91. The Hall–Kier alpha value is -1.13. The number of esters is 1. The molecule has 1 saturated heterocycles. The lowest BCUT2D eigenvalue weighted by Crippen LogP contribution is -2.54. The van der Waals surface area contributed by atoms with Gasteiger partial charge in [-0.3, -0.25) is 5.32 Å². The number of piperidine rings is 1. The Labute approximate surface area is 134 Å². The lowest BCUT2D eigenvalue weighted by atomic mass is 9.89. The molecule has 0 aromatic carbocycles. The molecule has 1 fully saturated rings. The van der Waals surface area contributed by atoms with Crippen molar-refractivity contribution in [2.45, 2.75) is 57.6 Å². The second-order valence-corrected chi connectivity index (χ2v) is 7.39. The molecule has 2 unspecified atom stereocenters. The summed E-state index contributed by atoms with van der Waals surface area (Å²) in [6.45, 7) is 8.80. The molecule has 0 aromatic heterocycles. The summed E-state index contributed by atoms with van der Waals surface area (Å²) >= 11 is 0. The summed E-state index contributed by atoms with van der Waals surface area (Å²) in [7, 11) is 0. The normalized spacial score (nSPS) is 28.6. The molecule has 0 bridgehead atoms. The Morgan fingerprint density at radius 3 is 2.82 bits per heavy atom. The van der Waals surface area contributed by atoms with Gasteiger partial charge >= 0.3 is 5.97 Å². The number of hydrogen-bond donors (Lipinski definition) is 2. The van der Waals surface area contributed by atoms with Crippen LogP contribution in [0, 0.1) is 5.92 Å². The highest BCUT2D eigenvalue weighted by Crippen LogP contribution is 2.23. The number of nitrogens with one attached hydrogen (secondary N) is 2. The largest absolute Gasteiger partial charge is 0.458 e. The summed E-state index contributed by atoms with van der Waals surface area (Å²) in [6, 6.07) is 0. The third-order valence-corrected chi connectivity index (χ3v) is 4.22. The highest BCUT2D eigenvalue weighted by molar-refractivity contribution is 5.84. The van der Waals surface area contributed by atoms with Crippen molar-refractivity contribution >= 4 is 5.97 Å². The van der Waals surface area contributed by atoms with E-state index in [0.717, 1.165) is 26.1 Å². The molecule has 4 heteroatoms. The van der Waals surface area contributed by atoms with Gasteiger partial charge in [0, 0.05) is 0 Å².